The molecular formula is C17H24N4O. The van der Waals surface area contributed by atoms with E-state index < -0.39 is 6.04 Å². The quantitative estimate of drug-likeness (QED) is 0.793. The molecule has 2 aromatic rings. The topological polar surface area (TPSA) is 83.8 Å². The number of H-pyrrole nitrogens is 1. The number of anilines is 1. The normalized spacial score (nSPS) is 12.9. The highest BCUT2D eigenvalue weighted by atomic mass is 16.2. The minimum absolute atomic E-state index is 0.164. The van der Waals surface area contributed by atoms with Crippen LogP contribution in [0.3, 0.4) is 0 Å². The smallest absolute Gasteiger partial charge is 0.242 e. The summed E-state index contributed by atoms with van der Waals surface area (Å²) in [6.45, 7) is 6.46. The van der Waals surface area contributed by atoms with Gasteiger partial charge in [-0.1, -0.05) is 51.1 Å². The van der Waals surface area contributed by atoms with Gasteiger partial charge in [0.1, 0.15) is 0 Å². The van der Waals surface area contributed by atoms with E-state index in [4.69, 9.17) is 5.73 Å². The first-order valence-electron chi connectivity index (χ1n) is 7.48. The zero-order valence-corrected chi connectivity index (χ0v) is 13.4. The lowest BCUT2D eigenvalue weighted by molar-refractivity contribution is -0.117. The molecule has 1 amide bonds. The molecule has 0 fully saturated rings. The average molecular weight is 300 g/mol. The summed E-state index contributed by atoms with van der Waals surface area (Å²) in [7, 11) is 0. The van der Waals surface area contributed by atoms with Crippen LogP contribution in [-0.4, -0.2) is 22.1 Å². The molecule has 5 heteroatoms. The Labute approximate surface area is 131 Å². The maximum atomic E-state index is 12.1. The Morgan fingerprint density at radius 2 is 2.00 bits per heavy atom. The number of carbonyl (C=O) groups is 1. The maximum absolute atomic E-state index is 12.1. The molecule has 1 aromatic heterocycles. The van der Waals surface area contributed by atoms with Crippen LogP contribution in [0.4, 0.5) is 5.82 Å². The minimum Gasteiger partial charge on any atom is -0.320 e. The van der Waals surface area contributed by atoms with Crippen LogP contribution in [0.2, 0.25) is 0 Å². The predicted molar refractivity (Wildman–Crippen MR) is 88.5 cm³/mol. The Kier molecular flexibility index (Phi) is 4.98. The average Bonchev–Trinajstić information content (AvgIpc) is 2.84. The number of aromatic nitrogens is 2. The zero-order valence-electron chi connectivity index (χ0n) is 13.4. The highest BCUT2D eigenvalue weighted by molar-refractivity contribution is 5.94. The van der Waals surface area contributed by atoms with Crippen molar-refractivity contribution >= 4 is 11.7 Å². The molecular weight excluding hydrogens is 276 g/mol. The van der Waals surface area contributed by atoms with Gasteiger partial charge in [-0.2, -0.15) is 5.10 Å². The third-order valence-electron chi connectivity index (χ3n) is 3.24. The van der Waals surface area contributed by atoms with Crippen molar-refractivity contribution in [1.29, 1.82) is 0 Å². The van der Waals surface area contributed by atoms with Crippen molar-refractivity contribution in [2.45, 2.75) is 39.7 Å². The molecule has 22 heavy (non-hydrogen) atoms. The number of aromatic amines is 1. The highest BCUT2D eigenvalue weighted by Gasteiger charge is 2.17. The third-order valence-corrected chi connectivity index (χ3v) is 3.24. The van der Waals surface area contributed by atoms with Crippen LogP contribution < -0.4 is 11.1 Å². The van der Waals surface area contributed by atoms with Gasteiger partial charge in [0.25, 0.3) is 0 Å². The van der Waals surface area contributed by atoms with E-state index in [0.717, 1.165) is 17.7 Å². The number of nitrogens with one attached hydrogen (secondary N) is 2. The lowest BCUT2D eigenvalue weighted by Crippen LogP contribution is -2.37. The van der Waals surface area contributed by atoms with Gasteiger partial charge in [0.05, 0.1) is 6.04 Å². The Balaban J connectivity index is 1.91. The van der Waals surface area contributed by atoms with Gasteiger partial charge in [-0.25, -0.2) is 0 Å². The summed E-state index contributed by atoms with van der Waals surface area (Å²) in [4.78, 5) is 12.1. The van der Waals surface area contributed by atoms with Crippen molar-refractivity contribution in [1.82, 2.24) is 10.2 Å². The third kappa shape index (κ3) is 5.00. The minimum atomic E-state index is -0.592. The molecule has 0 bridgehead atoms. The van der Waals surface area contributed by atoms with Crippen molar-refractivity contribution in [3.8, 4) is 0 Å². The van der Waals surface area contributed by atoms with Crippen LogP contribution in [0.15, 0.2) is 36.4 Å². The Morgan fingerprint density at radius 1 is 1.32 bits per heavy atom. The SMILES string of the molecule is CC(C)(C)Cc1cc(NC(=O)[C@@H](N)Cc2ccccc2)n[nH]1. The van der Waals surface area contributed by atoms with Gasteiger partial charge in [0.2, 0.25) is 5.91 Å². The van der Waals surface area contributed by atoms with Crippen molar-refractivity contribution in [2.75, 3.05) is 5.32 Å². The molecule has 4 N–H and O–H groups in total. The molecule has 1 heterocycles. The van der Waals surface area contributed by atoms with E-state index in [1.54, 1.807) is 0 Å². The molecule has 5 nitrogen and oxygen atoms in total. The van der Waals surface area contributed by atoms with Gasteiger partial charge in [0, 0.05) is 11.8 Å². The first kappa shape index (κ1) is 16.2. The number of rotatable bonds is 5. The Bertz CT molecular complexity index is 613. The predicted octanol–water partition coefficient (Wildman–Crippen LogP) is 2.51. The summed E-state index contributed by atoms with van der Waals surface area (Å²) in [6, 6.07) is 11.0. The zero-order chi connectivity index (χ0) is 16.2. The van der Waals surface area contributed by atoms with Gasteiger partial charge in [0.15, 0.2) is 5.82 Å². The van der Waals surface area contributed by atoms with Crippen molar-refractivity contribution in [3.05, 3.63) is 47.7 Å². The maximum Gasteiger partial charge on any atom is 0.242 e. The summed E-state index contributed by atoms with van der Waals surface area (Å²) >= 11 is 0. The van der Waals surface area contributed by atoms with Crippen LogP contribution in [0, 0.1) is 5.41 Å². The molecule has 1 atom stereocenters. The molecule has 0 spiro atoms. The highest BCUT2D eigenvalue weighted by Crippen LogP contribution is 2.20. The molecule has 0 radical (unpaired) electrons. The van der Waals surface area contributed by atoms with Gasteiger partial charge >= 0.3 is 0 Å². The summed E-state index contributed by atoms with van der Waals surface area (Å²) in [6.07, 6.45) is 1.37. The van der Waals surface area contributed by atoms with E-state index in [2.05, 4.69) is 36.3 Å². The van der Waals surface area contributed by atoms with Crippen LogP contribution in [0.25, 0.3) is 0 Å². The summed E-state index contributed by atoms with van der Waals surface area (Å²) in [5.74, 6) is 0.297. The van der Waals surface area contributed by atoms with Crippen molar-refractivity contribution in [3.63, 3.8) is 0 Å². The first-order valence-corrected chi connectivity index (χ1v) is 7.48. The van der Waals surface area contributed by atoms with Crippen LogP contribution in [-0.2, 0) is 17.6 Å². The van der Waals surface area contributed by atoms with Gasteiger partial charge in [-0.15, -0.1) is 0 Å². The number of nitrogens with zero attached hydrogens (tertiary/aromatic N) is 1. The number of nitrogens with two attached hydrogens (primary N) is 1. The fraction of sp³-hybridized carbons (Fsp3) is 0.412. The summed E-state index contributed by atoms with van der Waals surface area (Å²) < 4.78 is 0. The van der Waals surface area contributed by atoms with E-state index >= 15 is 0 Å². The van der Waals surface area contributed by atoms with Crippen molar-refractivity contribution < 1.29 is 4.79 Å². The van der Waals surface area contributed by atoms with Gasteiger partial charge < -0.3 is 11.1 Å². The molecule has 0 saturated heterocycles. The standard InChI is InChI=1S/C17H24N4O/c1-17(2,3)11-13-10-15(21-20-13)19-16(22)14(18)9-12-7-5-4-6-8-12/h4-8,10,14H,9,11,18H2,1-3H3,(H2,19,20,21,22)/t14-/m0/s1. The number of benzene rings is 1. The summed E-state index contributed by atoms with van der Waals surface area (Å²) in [5, 5.41) is 9.83. The summed E-state index contributed by atoms with van der Waals surface area (Å²) in [5.41, 5.74) is 8.16. The fourth-order valence-electron chi connectivity index (χ4n) is 2.27. The second-order valence-electron chi connectivity index (χ2n) is 6.80. The van der Waals surface area contributed by atoms with E-state index in [-0.39, 0.29) is 11.3 Å². The molecule has 0 unspecified atom stereocenters. The molecule has 118 valence electrons. The van der Waals surface area contributed by atoms with E-state index in [0.29, 0.717) is 12.2 Å². The first-order chi connectivity index (χ1) is 10.3. The number of hydrogen-bond donors (Lipinski definition) is 3. The van der Waals surface area contributed by atoms with E-state index in [1.165, 1.54) is 0 Å². The molecule has 1 aromatic carbocycles. The molecule has 0 aliphatic heterocycles. The monoisotopic (exact) mass is 300 g/mol. The van der Waals surface area contributed by atoms with E-state index in [1.807, 2.05) is 36.4 Å². The Morgan fingerprint density at radius 3 is 2.64 bits per heavy atom. The molecule has 0 aliphatic carbocycles. The van der Waals surface area contributed by atoms with Gasteiger partial charge in [-0.05, 0) is 23.8 Å². The number of hydrogen-bond acceptors (Lipinski definition) is 3. The van der Waals surface area contributed by atoms with Crippen LogP contribution in [0.1, 0.15) is 32.0 Å². The van der Waals surface area contributed by atoms with Crippen LogP contribution in [0.5, 0.6) is 0 Å². The largest absolute Gasteiger partial charge is 0.320 e. The lowest BCUT2D eigenvalue weighted by Gasteiger charge is -2.15. The second kappa shape index (κ2) is 6.75. The molecule has 0 aliphatic rings. The number of carbonyl (C=O) groups excluding carboxylic acids is 1. The Hall–Kier alpha value is -2.14. The van der Waals surface area contributed by atoms with E-state index in [9.17, 15) is 4.79 Å². The molecule has 0 saturated carbocycles. The van der Waals surface area contributed by atoms with Crippen LogP contribution >= 0.6 is 0 Å². The van der Waals surface area contributed by atoms with Gasteiger partial charge in [-0.3, -0.25) is 9.89 Å². The van der Waals surface area contributed by atoms with Crippen molar-refractivity contribution in [2.24, 2.45) is 11.1 Å². The fourth-order valence-corrected chi connectivity index (χ4v) is 2.27. The lowest BCUT2D eigenvalue weighted by atomic mass is 9.91. The number of amides is 1. The molecule has 2 rings (SSSR count). The second-order valence-corrected chi connectivity index (χ2v) is 6.80.